The van der Waals surface area contributed by atoms with Gasteiger partial charge in [-0.25, -0.2) is 9.80 Å². The molecule has 1 amide bonds. The summed E-state index contributed by atoms with van der Waals surface area (Å²) >= 11 is 0. The molecule has 14 heavy (non-hydrogen) atoms. The van der Waals surface area contributed by atoms with Gasteiger partial charge in [-0.15, -0.1) is 0 Å². The molecule has 0 radical (unpaired) electrons. The molecule has 1 rings (SSSR count). The molecule has 0 saturated carbocycles. The molecule has 1 aliphatic heterocycles. The Labute approximate surface area is 81.1 Å². The van der Waals surface area contributed by atoms with Crippen LogP contribution in [0.2, 0.25) is 0 Å². The molecular weight excluding hydrogens is 188 g/mol. The number of nitrogens with one attached hydrogen (secondary N) is 1. The molecule has 0 aromatic heterocycles. The van der Waals surface area contributed by atoms with Crippen molar-refractivity contribution in [1.82, 2.24) is 10.4 Å². The molecule has 0 bridgehead atoms. The Balaban J connectivity index is 2.28. The summed E-state index contributed by atoms with van der Waals surface area (Å²) in [5.74, 6) is -1.57. The van der Waals surface area contributed by atoms with E-state index in [4.69, 9.17) is 9.84 Å². The number of carboxylic acid groups (broad SMARTS) is 1. The van der Waals surface area contributed by atoms with Gasteiger partial charge in [0.1, 0.15) is 0 Å². The van der Waals surface area contributed by atoms with Gasteiger partial charge in [-0.1, -0.05) is 0 Å². The second-order valence-corrected chi connectivity index (χ2v) is 2.75. The summed E-state index contributed by atoms with van der Waals surface area (Å²) < 4.78 is 5.07. The third-order valence-corrected chi connectivity index (χ3v) is 1.66. The van der Waals surface area contributed by atoms with E-state index in [-0.39, 0.29) is 0 Å². The zero-order valence-electron chi connectivity index (χ0n) is 7.60. The maximum atomic E-state index is 11.1. The van der Waals surface area contributed by atoms with E-state index >= 15 is 0 Å². The highest BCUT2D eigenvalue weighted by Crippen LogP contribution is 1.92. The fourth-order valence-electron chi connectivity index (χ4n) is 1.02. The zero-order valence-corrected chi connectivity index (χ0v) is 7.60. The Hall–Kier alpha value is -1.40. The number of ether oxygens (including phenoxy) is 1. The molecule has 0 aromatic carbocycles. The molecule has 1 fully saturated rings. The van der Waals surface area contributed by atoms with Gasteiger partial charge in [0.05, 0.1) is 13.2 Å². The maximum Gasteiger partial charge on any atom is 0.328 e. The lowest BCUT2D eigenvalue weighted by atomic mass is 10.4. The highest BCUT2D eigenvalue weighted by molar-refractivity contribution is 5.93. The molecule has 1 saturated heterocycles. The average Bonchev–Trinajstić information content (AvgIpc) is 2.16. The van der Waals surface area contributed by atoms with Gasteiger partial charge in [0.2, 0.25) is 0 Å². The minimum atomic E-state index is -1.14. The molecule has 0 aromatic rings. The van der Waals surface area contributed by atoms with Gasteiger partial charge in [-0.3, -0.25) is 10.2 Å². The molecule has 0 unspecified atom stereocenters. The second-order valence-electron chi connectivity index (χ2n) is 2.75. The molecule has 2 N–H and O–H groups in total. The number of rotatable bonds is 3. The van der Waals surface area contributed by atoms with E-state index in [0.717, 1.165) is 12.2 Å². The predicted molar refractivity (Wildman–Crippen MR) is 47.3 cm³/mol. The van der Waals surface area contributed by atoms with Crippen LogP contribution in [0.15, 0.2) is 12.2 Å². The summed E-state index contributed by atoms with van der Waals surface area (Å²) in [6.45, 7) is 2.38. The van der Waals surface area contributed by atoms with Gasteiger partial charge < -0.3 is 9.84 Å². The number of carbonyl (C=O) groups excluding carboxylic acids is 1. The first kappa shape index (κ1) is 10.7. The Kier molecular flexibility index (Phi) is 4.09. The lowest BCUT2D eigenvalue weighted by molar-refractivity contribution is -0.132. The van der Waals surface area contributed by atoms with Crippen molar-refractivity contribution in [3.05, 3.63) is 12.2 Å². The van der Waals surface area contributed by atoms with E-state index in [1.165, 1.54) is 0 Å². The lowest BCUT2D eigenvalue weighted by Crippen LogP contribution is -2.47. The SMILES string of the molecule is O=C(O)/C=C\C(=O)NN1CCOCC1. The standard InChI is InChI=1S/C8H12N2O4/c11-7(1-2-8(12)13)9-10-3-5-14-6-4-10/h1-2H,3-6H2,(H,9,11)(H,12,13)/b2-1-. The van der Waals surface area contributed by atoms with Crippen LogP contribution in [0.3, 0.4) is 0 Å². The third kappa shape index (κ3) is 4.01. The molecule has 78 valence electrons. The van der Waals surface area contributed by atoms with Crippen molar-refractivity contribution in [3.63, 3.8) is 0 Å². The van der Waals surface area contributed by atoms with Gasteiger partial charge in [0, 0.05) is 25.2 Å². The van der Waals surface area contributed by atoms with Crippen LogP contribution in [0, 0.1) is 0 Å². The van der Waals surface area contributed by atoms with Crippen LogP contribution in [-0.4, -0.2) is 48.3 Å². The number of hydrogen-bond donors (Lipinski definition) is 2. The Morgan fingerprint density at radius 1 is 1.29 bits per heavy atom. The van der Waals surface area contributed by atoms with Crippen molar-refractivity contribution < 1.29 is 19.4 Å². The molecule has 0 spiro atoms. The predicted octanol–water partition coefficient (Wildman–Crippen LogP) is -1.01. The Bertz CT molecular complexity index is 246. The van der Waals surface area contributed by atoms with Gasteiger partial charge in [0.25, 0.3) is 5.91 Å². The Morgan fingerprint density at radius 3 is 2.50 bits per heavy atom. The number of carbonyl (C=O) groups is 2. The van der Waals surface area contributed by atoms with E-state index in [0.29, 0.717) is 26.3 Å². The molecule has 0 aliphatic carbocycles. The second kappa shape index (κ2) is 5.36. The van der Waals surface area contributed by atoms with Crippen molar-refractivity contribution in [2.45, 2.75) is 0 Å². The van der Waals surface area contributed by atoms with E-state index in [2.05, 4.69) is 5.43 Å². The molecule has 0 atom stereocenters. The lowest BCUT2D eigenvalue weighted by Gasteiger charge is -2.26. The van der Waals surface area contributed by atoms with E-state index < -0.39 is 11.9 Å². The van der Waals surface area contributed by atoms with Crippen LogP contribution in [0.1, 0.15) is 0 Å². The minimum Gasteiger partial charge on any atom is -0.478 e. The first-order valence-corrected chi connectivity index (χ1v) is 4.23. The topological polar surface area (TPSA) is 78.9 Å². The summed E-state index contributed by atoms with van der Waals surface area (Å²) in [6, 6.07) is 0. The fraction of sp³-hybridized carbons (Fsp3) is 0.500. The van der Waals surface area contributed by atoms with Crippen molar-refractivity contribution in [2.75, 3.05) is 26.3 Å². The summed E-state index contributed by atoms with van der Waals surface area (Å²) in [4.78, 5) is 21.2. The van der Waals surface area contributed by atoms with Crippen molar-refractivity contribution >= 4 is 11.9 Å². The normalized spacial score (nSPS) is 18.3. The number of nitrogens with zero attached hydrogens (tertiary/aromatic N) is 1. The van der Waals surface area contributed by atoms with Crippen molar-refractivity contribution in [2.24, 2.45) is 0 Å². The number of aliphatic carboxylic acids is 1. The van der Waals surface area contributed by atoms with Crippen LogP contribution >= 0.6 is 0 Å². The number of amides is 1. The summed E-state index contributed by atoms with van der Waals surface area (Å²) in [5.41, 5.74) is 2.54. The first-order valence-electron chi connectivity index (χ1n) is 4.23. The monoisotopic (exact) mass is 200 g/mol. The van der Waals surface area contributed by atoms with Crippen LogP contribution in [0.5, 0.6) is 0 Å². The molecule has 6 heteroatoms. The summed E-state index contributed by atoms with van der Waals surface area (Å²) in [7, 11) is 0. The largest absolute Gasteiger partial charge is 0.478 e. The molecule has 1 heterocycles. The van der Waals surface area contributed by atoms with Crippen LogP contribution in [0.4, 0.5) is 0 Å². The van der Waals surface area contributed by atoms with Crippen LogP contribution < -0.4 is 5.43 Å². The molecular formula is C8H12N2O4. The van der Waals surface area contributed by atoms with Crippen molar-refractivity contribution in [1.29, 1.82) is 0 Å². The fourth-order valence-corrected chi connectivity index (χ4v) is 1.02. The van der Waals surface area contributed by atoms with Gasteiger partial charge in [-0.05, 0) is 0 Å². The number of hydrazine groups is 1. The Morgan fingerprint density at radius 2 is 1.93 bits per heavy atom. The van der Waals surface area contributed by atoms with E-state index in [9.17, 15) is 9.59 Å². The van der Waals surface area contributed by atoms with Crippen LogP contribution in [0.25, 0.3) is 0 Å². The van der Waals surface area contributed by atoms with E-state index in [1.807, 2.05) is 0 Å². The van der Waals surface area contributed by atoms with Gasteiger partial charge >= 0.3 is 5.97 Å². The van der Waals surface area contributed by atoms with E-state index in [1.54, 1.807) is 5.01 Å². The summed E-state index contributed by atoms with van der Waals surface area (Å²) in [5, 5.41) is 9.96. The average molecular weight is 200 g/mol. The van der Waals surface area contributed by atoms with Crippen molar-refractivity contribution in [3.8, 4) is 0 Å². The highest BCUT2D eigenvalue weighted by atomic mass is 16.5. The highest BCUT2D eigenvalue weighted by Gasteiger charge is 2.11. The first-order chi connectivity index (χ1) is 6.68. The number of morpholine rings is 1. The molecule has 6 nitrogen and oxygen atoms in total. The maximum absolute atomic E-state index is 11.1. The minimum absolute atomic E-state index is 0.436. The third-order valence-electron chi connectivity index (χ3n) is 1.66. The molecule has 1 aliphatic rings. The number of carboxylic acids is 1. The quantitative estimate of drug-likeness (QED) is 0.571. The van der Waals surface area contributed by atoms with Gasteiger partial charge in [0.15, 0.2) is 0 Å². The van der Waals surface area contributed by atoms with Crippen LogP contribution in [-0.2, 0) is 14.3 Å². The summed E-state index contributed by atoms with van der Waals surface area (Å²) in [6.07, 6.45) is 1.79. The number of hydrogen-bond acceptors (Lipinski definition) is 4. The van der Waals surface area contributed by atoms with Gasteiger partial charge in [-0.2, -0.15) is 0 Å². The smallest absolute Gasteiger partial charge is 0.328 e. The zero-order chi connectivity index (χ0) is 10.4.